The molecule has 9 heteroatoms. The Morgan fingerprint density at radius 2 is 2.04 bits per heavy atom. The fourth-order valence-corrected chi connectivity index (χ4v) is 3.86. The maximum absolute atomic E-state index is 13.2. The van der Waals surface area contributed by atoms with Gasteiger partial charge in [-0.1, -0.05) is 13.8 Å². The number of nitrogen functional groups attached to an aromatic ring is 1. The summed E-state index contributed by atoms with van der Waals surface area (Å²) in [5, 5.41) is 0. The Bertz CT molecular complexity index is 938. The predicted molar refractivity (Wildman–Crippen MR) is 113 cm³/mol. The van der Waals surface area contributed by atoms with Crippen LogP contribution in [0.4, 0.5) is 11.5 Å². The van der Waals surface area contributed by atoms with Crippen molar-refractivity contribution in [2.45, 2.75) is 40.7 Å². The summed E-state index contributed by atoms with van der Waals surface area (Å²) in [5.41, 5.74) is 5.98. The van der Waals surface area contributed by atoms with E-state index < -0.39 is 11.2 Å². The number of anilines is 2. The van der Waals surface area contributed by atoms with E-state index in [9.17, 15) is 14.4 Å². The van der Waals surface area contributed by atoms with Crippen molar-refractivity contribution in [3.8, 4) is 0 Å². The number of ether oxygens (including phenoxy) is 1. The molecular weight excluding hydrogens is 380 g/mol. The Morgan fingerprint density at radius 1 is 1.36 bits per heavy atom. The molecule has 154 valence electrons. The zero-order valence-electron chi connectivity index (χ0n) is 17.0. The Hall–Kier alpha value is -2.39. The standard InChI is InChI=1S/C19H28N4O4S/c1-11(2)10-23-16(20)15(17(24)21-19(23)26)22(7-6-8-27-5)18(25)14-9-12(3)13(4)28-14/h9,11H,6-8,10,20H2,1-5H3,(H,21,24,26). The molecule has 2 aromatic rings. The second-order valence-electron chi connectivity index (χ2n) is 7.15. The van der Waals surface area contributed by atoms with Gasteiger partial charge in [0.1, 0.15) is 5.82 Å². The molecule has 8 nitrogen and oxygen atoms in total. The SMILES string of the molecule is COCCCN(C(=O)c1cc(C)c(C)s1)c1c(N)n(CC(C)C)c(=O)[nH]c1=O. The average molecular weight is 409 g/mol. The Kier molecular flexibility index (Phi) is 7.20. The van der Waals surface area contributed by atoms with Crippen molar-refractivity contribution in [2.75, 3.05) is 30.9 Å². The summed E-state index contributed by atoms with van der Waals surface area (Å²) in [4.78, 5) is 43.3. The van der Waals surface area contributed by atoms with Gasteiger partial charge in [0.2, 0.25) is 0 Å². The van der Waals surface area contributed by atoms with Crippen LogP contribution in [0.25, 0.3) is 0 Å². The number of nitrogens with two attached hydrogens (primary N) is 1. The molecule has 0 unspecified atom stereocenters. The number of aromatic amines is 1. The van der Waals surface area contributed by atoms with Crippen LogP contribution in [0, 0.1) is 19.8 Å². The highest BCUT2D eigenvalue weighted by molar-refractivity contribution is 7.14. The lowest BCUT2D eigenvalue weighted by Gasteiger charge is -2.24. The van der Waals surface area contributed by atoms with Crippen molar-refractivity contribution in [1.29, 1.82) is 0 Å². The summed E-state index contributed by atoms with van der Waals surface area (Å²) in [5.74, 6) is -0.179. The van der Waals surface area contributed by atoms with Crippen molar-refractivity contribution >= 4 is 28.7 Å². The number of amides is 1. The number of carbonyl (C=O) groups is 1. The van der Waals surface area contributed by atoms with Gasteiger partial charge < -0.3 is 10.5 Å². The first-order chi connectivity index (χ1) is 13.2. The quantitative estimate of drug-likeness (QED) is 0.650. The lowest BCUT2D eigenvalue weighted by Crippen LogP contribution is -2.42. The van der Waals surface area contributed by atoms with Crippen molar-refractivity contribution in [1.82, 2.24) is 9.55 Å². The van der Waals surface area contributed by atoms with Crippen LogP contribution in [0.3, 0.4) is 0 Å². The second-order valence-corrected chi connectivity index (χ2v) is 8.41. The Morgan fingerprint density at radius 3 is 2.57 bits per heavy atom. The molecule has 0 aromatic carbocycles. The number of hydrogen-bond acceptors (Lipinski definition) is 6. The Labute approximate surface area is 167 Å². The van der Waals surface area contributed by atoms with E-state index in [0.29, 0.717) is 24.4 Å². The summed E-state index contributed by atoms with van der Waals surface area (Å²) in [6.45, 7) is 8.76. The van der Waals surface area contributed by atoms with E-state index in [-0.39, 0.29) is 29.9 Å². The molecule has 2 heterocycles. The summed E-state index contributed by atoms with van der Waals surface area (Å²) in [6, 6.07) is 1.81. The minimum atomic E-state index is -0.668. The van der Waals surface area contributed by atoms with Gasteiger partial charge in [-0.2, -0.15) is 0 Å². The molecule has 0 fully saturated rings. The minimum Gasteiger partial charge on any atom is -0.385 e. The molecule has 0 aliphatic heterocycles. The lowest BCUT2D eigenvalue weighted by molar-refractivity contribution is 0.0987. The molecule has 1 amide bonds. The van der Waals surface area contributed by atoms with Gasteiger partial charge in [-0.15, -0.1) is 11.3 Å². The van der Waals surface area contributed by atoms with E-state index in [2.05, 4.69) is 4.98 Å². The van der Waals surface area contributed by atoms with Crippen molar-refractivity contribution < 1.29 is 9.53 Å². The highest BCUT2D eigenvalue weighted by atomic mass is 32.1. The first-order valence-electron chi connectivity index (χ1n) is 9.17. The zero-order chi connectivity index (χ0) is 21.0. The minimum absolute atomic E-state index is 0.00165. The summed E-state index contributed by atoms with van der Waals surface area (Å²) in [6.07, 6.45) is 0.522. The largest absolute Gasteiger partial charge is 0.385 e. The first kappa shape index (κ1) is 21.9. The fraction of sp³-hybridized carbons (Fsp3) is 0.526. The molecule has 2 aromatic heterocycles. The number of aryl methyl sites for hydroxylation is 2. The van der Waals surface area contributed by atoms with Crippen LogP contribution in [0.2, 0.25) is 0 Å². The van der Waals surface area contributed by atoms with E-state index in [1.165, 1.54) is 20.8 Å². The second kappa shape index (κ2) is 9.20. The molecule has 0 radical (unpaired) electrons. The number of carbonyl (C=O) groups excluding carboxylic acids is 1. The third-order valence-electron chi connectivity index (χ3n) is 4.38. The summed E-state index contributed by atoms with van der Waals surface area (Å²) < 4.78 is 6.39. The molecule has 0 spiro atoms. The lowest BCUT2D eigenvalue weighted by atomic mass is 10.2. The molecule has 2 rings (SSSR count). The molecule has 3 N–H and O–H groups in total. The van der Waals surface area contributed by atoms with Crippen LogP contribution >= 0.6 is 11.3 Å². The van der Waals surface area contributed by atoms with Gasteiger partial charge in [-0.05, 0) is 37.8 Å². The van der Waals surface area contributed by atoms with E-state index in [1.807, 2.05) is 27.7 Å². The molecule has 0 saturated carbocycles. The van der Waals surface area contributed by atoms with Crippen LogP contribution < -0.4 is 21.9 Å². The highest BCUT2D eigenvalue weighted by Gasteiger charge is 2.26. The number of hydrogen-bond donors (Lipinski definition) is 2. The van der Waals surface area contributed by atoms with Crippen LogP contribution in [0.15, 0.2) is 15.7 Å². The summed E-state index contributed by atoms with van der Waals surface area (Å²) in [7, 11) is 1.57. The molecule has 28 heavy (non-hydrogen) atoms. The molecular formula is C19H28N4O4S. The smallest absolute Gasteiger partial charge is 0.330 e. The van der Waals surface area contributed by atoms with E-state index in [1.54, 1.807) is 13.2 Å². The number of rotatable bonds is 8. The van der Waals surface area contributed by atoms with Crippen LogP contribution in [-0.2, 0) is 11.3 Å². The summed E-state index contributed by atoms with van der Waals surface area (Å²) >= 11 is 1.37. The van der Waals surface area contributed by atoms with Crippen molar-refractivity contribution in [3.05, 3.63) is 42.2 Å². The van der Waals surface area contributed by atoms with Crippen molar-refractivity contribution in [2.24, 2.45) is 5.92 Å². The van der Waals surface area contributed by atoms with Crippen LogP contribution in [0.1, 0.15) is 40.4 Å². The monoisotopic (exact) mass is 408 g/mol. The van der Waals surface area contributed by atoms with Gasteiger partial charge >= 0.3 is 5.69 Å². The van der Waals surface area contributed by atoms with Crippen LogP contribution in [0.5, 0.6) is 0 Å². The maximum atomic E-state index is 13.2. The van der Waals surface area contributed by atoms with Gasteiger partial charge in [0.15, 0.2) is 5.69 Å². The predicted octanol–water partition coefficient (Wildman–Crippen LogP) is 2.14. The highest BCUT2D eigenvalue weighted by Crippen LogP contribution is 2.26. The van der Waals surface area contributed by atoms with E-state index in [4.69, 9.17) is 10.5 Å². The topological polar surface area (TPSA) is 110 Å². The Balaban J connectivity index is 2.58. The van der Waals surface area contributed by atoms with Crippen molar-refractivity contribution in [3.63, 3.8) is 0 Å². The number of nitrogens with zero attached hydrogens (tertiary/aromatic N) is 2. The van der Waals surface area contributed by atoms with E-state index in [0.717, 1.165) is 10.4 Å². The first-order valence-corrected chi connectivity index (χ1v) is 9.99. The molecule has 0 aliphatic rings. The van der Waals surface area contributed by atoms with Gasteiger partial charge in [0.05, 0.1) is 4.88 Å². The molecule has 0 aliphatic carbocycles. The number of H-pyrrole nitrogens is 1. The van der Waals surface area contributed by atoms with E-state index >= 15 is 0 Å². The normalized spacial score (nSPS) is 11.2. The van der Waals surface area contributed by atoms with Gasteiger partial charge in [-0.3, -0.25) is 24.0 Å². The third kappa shape index (κ3) is 4.71. The maximum Gasteiger partial charge on any atom is 0.330 e. The van der Waals surface area contributed by atoms with Crippen LogP contribution in [-0.4, -0.2) is 35.7 Å². The molecule has 0 bridgehead atoms. The van der Waals surface area contributed by atoms with Gasteiger partial charge in [0.25, 0.3) is 11.5 Å². The van der Waals surface area contributed by atoms with Gasteiger partial charge in [0, 0.05) is 31.7 Å². The number of nitrogens with one attached hydrogen (secondary N) is 1. The third-order valence-corrected chi connectivity index (χ3v) is 5.52. The van der Waals surface area contributed by atoms with Gasteiger partial charge in [-0.25, -0.2) is 4.79 Å². The molecule has 0 atom stereocenters. The number of methoxy groups -OCH3 is 1. The number of thiophene rings is 1. The zero-order valence-corrected chi connectivity index (χ0v) is 17.8. The fourth-order valence-electron chi connectivity index (χ4n) is 2.88. The average Bonchev–Trinajstić information content (AvgIpc) is 2.95. The number of aromatic nitrogens is 2. The molecule has 0 saturated heterocycles.